The van der Waals surface area contributed by atoms with E-state index in [1.165, 1.54) is 12.1 Å². The van der Waals surface area contributed by atoms with E-state index in [2.05, 4.69) is 6.58 Å². The third-order valence-corrected chi connectivity index (χ3v) is 1.78. The van der Waals surface area contributed by atoms with E-state index in [0.717, 1.165) is 0 Å². The van der Waals surface area contributed by atoms with Crippen LogP contribution in [-0.2, 0) is 0 Å². The van der Waals surface area contributed by atoms with Crippen LogP contribution in [0.2, 0.25) is 10.0 Å². The molecule has 0 bridgehead atoms. The summed E-state index contributed by atoms with van der Waals surface area (Å²) in [5, 5.41) is 9.99. The first kappa shape index (κ1) is 8.44. The molecule has 1 nitrogen and oxygen atoms in total. The van der Waals surface area contributed by atoms with Gasteiger partial charge in [-0.1, -0.05) is 35.9 Å². The van der Waals surface area contributed by atoms with Crippen molar-refractivity contribution >= 4 is 29.3 Å². The molecule has 11 heavy (non-hydrogen) atoms. The molecule has 1 N–H and O–H groups in total. The zero-order valence-electron chi connectivity index (χ0n) is 5.64. The monoisotopic (exact) mass is 188 g/mol. The van der Waals surface area contributed by atoms with Crippen LogP contribution in [0.1, 0.15) is 5.56 Å². The van der Waals surface area contributed by atoms with Crippen LogP contribution in [0.3, 0.4) is 0 Å². The van der Waals surface area contributed by atoms with Crippen molar-refractivity contribution in [2.75, 3.05) is 0 Å². The fourth-order valence-corrected chi connectivity index (χ4v) is 1.25. The molecule has 1 aromatic rings. The number of hydrogen-bond acceptors (Lipinski definition) is 1. The summed E-state index contributed by atoms with van der Waals surface area (Å²) < 4.78 is 0. The predicted octanol–water partition coefficient (Wildman–Crippen LogP) is 3.34. The summed E-state index contributed by atoms with van der Waals surface area (Å²) in [5.74, 6) is 0.0195. The average Bonchev–Trinajstić information content (AvgIpc) is 1.96. The van der Waals surface area contributed by atoms with Gasteiger partial charge in [-0.3, -0.25) is 0 Å². The van der Waals surface area contributed by atoms with Crippen LogP contribution in [0.25, 0.3) is 6.08 Å². The molecule has 1 rings (SSSR count). The van der Waals surface area contributed by atoms with Crippen molar-refractivity contribution in [3.05, 3.63) is 34.3 Å². The summed E-state index contributed by atoms with van der Waals surface area (Å²) in [4.78, 5) is 0. The normalized spacial score (nSPS) is 9.64. The van der Waals surface area contributed by atoms with Gasteiger partial charge in [0.25, 0.3) is 0 Å². The standard InChI is InChI=1S/C8H6Cl2O/c1-2-5-3-6(9)4-7(10)8(5)11/h2-4,11H,1H2. The summed E-state index contributed by atoms with van der Waals surface area (Å²) in [7, 11) is 0. The highest BCUT2D eigenvalue weighted by atomic mass is 35.5. The molecule has 58 valence electrons. The molecule has 3 heteroatoms. The number of halogens is 2. The zero-order valence-corrected chi connectivity index (χ0v) is 7.15. The van der Waals surface area contributed by atoms with Crippen LogP contribution < -0.4 is 0 Å². The first-order valence-electron chi connectivity index (χ1n) is 2.95. The summed E-state index contributed by atoms with van der Waals surface area (Å²) in [6.45, 7) is 3.50. The Morgan fingerprint density at radius 3 is 2.55 bits per heavy atom. The first-order valence-corrected chi connectivity index (χ1v) is 3.71. The quantitative estimate of drug-likeness (QED) is 0.718. The van der Waals surface area contributed by atoms with E-state index in [1.54, 1.807) is 6.07 Å². The molecule has 0 heterocycles. The van der Waals surface area contributed by atoms with Gasteiger partial charge >= 0.3 is 0 Å². The largest absolute Gasteiger partial charge is 0.506 e. The Bertz CT molecular complexity index is 294. The second-order valence-corrected chi connectivity index (χ2v) is 2.87. The molecule has 0 aromatic heterocycles. The van der Waals surface area contributed by atoms with Gasteiger partial charge in [-0.05, 0) is 12.1 Å². The van der Waals surface area contributed by atoms with Gasteiger partial charge in [0.2, 0.25) is 0 Å². The van der Waals surface area contributed by atoms with Crippen LogP contribution >= 0.6 is 23.2 Å². The highest BCUT2D eigenvalue weighted by Crippen LogP contribution is 2.31. The van der Waals surface area contributed by atoms with Crippen LogP contribution in [0.15, 0.2) is 18.7 Å². The lowest BCUT2D eigenvalue weighted by molar-refractivity contribution is 0.474. The minimum Gasteiger partial charge on any atom is -0.506 e. The first-order chi connectivity index (χ1) is 5.15. The van der Waals surface area contributed by atoms with E-state index < -0.39 is 0 Å². The molecule has 0 spiro atoms. The molecular weight excluding hydrogens is 183 g/mol. The van der Waals surface area contributed by atoms with Crippen molar-refractivity contribution in [2.24, 2.45) is 0 Å². The minimum absolute atomic E-state index is 0.0195. The second-order valence-electron chi connectivity index (χ2n) is 2.03. The van der Waals surface area contributed by atoms with Crippen molar-refractivity contribution < 1.29 is 5.11 Å². The van der Waals surface area contributed by atoms with Crippen molar-refractivity contribution in [2.45, 2.75) is 0 Å². The molecule has 0 saturated carbocycles. The molecule has 1 aromatic carbocycles. The van der Waals surface area contributed by atoms with E-state index in [9.17, 15) is 5.11 Å². The van der Waals surface area contributed by atoms with E-state index in [1.807, 2.05) is 0 Å². The molecule has 0 atom stereocenters. The van der Waals surface area contributed by atoms with Crippen LogP contribution in [0.4, 0.5) is 0 Å². The van der Waals surface area contributed by atoms with E-state index in [0.29, 0.717) is 10.6 Å². The summed E-state index contributed by atoms with van der Waals surface area (Å²) in [6, 6.07) is 3.07. The molecule has 0 aliphatic carbocycles. The Balaban J connectivity index is 3.35. The highest BCUT2D eigenvalue weighted by molar-refractivity contribution is 6.35. The third-order valence-electron chi connectivity index (χ3n) is 1.28. The second kappa shape index (κ2) is 3.16. The number of aromatic hydroxyl groups is 1. The topological polar surface area (TPSA) is 20.2 Å². The van der Waals surface area contributed by atoms with E-state index in [4.69, 9.17) is 23.2 Å². The maximum absolute atomic E-state index is 9.26. The Kier molecular flexibility index (Phi) is 2.42. The fourth-order valence-electron chi connectivity index (χ4n) is 0.741. The van der Waals surface area contributed by atoms with E-state index >= 15 is 0 Å². The van der Waals surface area contributed by atoms with Crippen LogP contribution in [-0.4, -0.2) is 5.11 Å². The van der Waals surface area contributed by atoms with Gasteiger partial charge in [-0.15, -0.1) is 0 Å². The lowest BCUT2D eigenvalue weighted by Gasteiger charge is -2.01. The summed E-state index contributed by atoms with van der Waals surface area (Å²) >= 11 is 11.3. The van der Waals surface area contributed by atoms with Crippen LogP contribution in [0, 0.1) is 0 Å². The minimum atomic E-state index is 0.0195. The zero-order chi connectivity index (χ0) is 8.43. The average molecular weight is 189 g/mol. The van der Waals surface area contributed by atoms with Gasteiger partial charge in [0.1, 0.15) is 5.75 Å². The van der Waals surface area contributed by atoms with Gasteiger partial charge < -0.3 is 5.11 Å². The third kappa shape index (κ3) is 1.67. The molecule has 0 amide bonds. The molecule has 0 fully saturated rings. The Morgan fingerprint density at radius 1 is 1.36 bits per heavy atom. The number of hydrogen-bond donors (Lipinski definition) is 1. The highest BCUT2D eigenvalue weighted by Gasteiger charge is 2.03. The van der Waals surface area contributed by atoms with Crippen molar-refractivity contribution in [1.82, 2.24) is 0 Å². The fraction of sp³-hybridized carbons (Fsp3) is 0. The molecular formula is C8H6Cl2O. The predicted molar refractivity (Wildman–Crippen MR) is 48.2 cm³/mol. The molecule has 0 radical (unpaired) electrons. The summed E-state index contributed by atoms with van der Waals surface area (Å²) in [5.41, 5.74) is 0.544. The maximum atomic E-state index is 9.26. The maximum Gasteiger partial charge on any atom is 0.141 e. The van der Waals surface area contributed by atoms with Crippen molar-refractivity contribution in [3.8, 4) is 5.75 Å². The molecule has 0 aliphatic rings. The number of phenols is 1. The van der Waals surface area contributed by atoms with Crippen molar-refractivity contribution in [3.63, 3.8) is 0 Å². The van der Waals surface area contributed by atoms with Gasteiger partial charge in [-0.2, -0.15) is 0 Å². The lowest BCUT2D eigenvalue weighted by atomic mass is 10.2. The Hall–Kier alpha value is -0.660. The molecule has 0 saturated heterocycles. The van der Waals surface area contributed by atoms with Gasteiger partial charge in [-0.25, -0.2) is 0 Å². The van der Waals surface area contributed by atoms with Gasteiger partial charge in [0.05, 0.1) is 5.02 Å². The lowest BCUT2D eigenvalue weighted by Crippen LogP contribution is -1.76. The smallest absolute Gasteiger partial charge is 0.141 e. The van der Waals surface area contributed by atoms with Crippen molar-refractivity contribution in [1.29, 1.82) is 0 Å². The SMILES string of the molecule is C=Cc1cc(Cl)cc(Cl)c1O. The number of phenolic OH excluding ortho intramolecular Hbond substituents is 1. The van der Waals surface area contributed by atoms with Gasteiger partial charge in [0, 0.05) is 10.6 Å². The summed E-state index contributed by atoms with van der Waals surface area (Å²) in [6.07, 6.45) is 1.49. The van der Waals surface area contributed by atoms with Gasteiger partial charge in [0.15, 0.2) is 0 Å². The van der Waals surface area contributed by atoms with Crippen LogP contribution in [0.5, 0.6) is 5.75 Å². The Labute approximate surface area is 74.9 Å². The Morgan fingerprint density at radius 2 is 2.00 bits per heavy atom. The number of rotatable bonds is 1. The molecule has 0 aliphatic heterocycles. The molecule has 0 unspecified atom stereocenters. The number of benzene rings is 1. The van der Waals surface area contributed by atoms with E-state index in [-0.39, 0.29) is 10.8 Å².